The van der Waals surface area contributed by atoms with Crippen molar-refractivity contribution in [3.05, 3.63) is 70.5 Å². The minimum atomic E-state index is -0.328. The maximum atomic E-state index is 12.5. The molecule has 3 rings (SSSR count). The van der Waals surface area contributed by atoms with Crippen molar-refractivity contribution in [1.82, 2.24) is 20.1 Å². The van der Waals surface area contributed by atoms with Gasteiger partial charge in [-0.1, -0.05) is 47.7 Å². The highest BCUT2D eigenvalue weighted by atomic mass is 32.2. The van der Waals surface area contributed by atoms with Crippen LogP contribution < -0.4 is 10.6 Å². The van der Waals surface area contributed by atoms with Crippen molar-refractivity contribution in [2.24, 2.45) is 7.05 Å². The van der Waals surface area contributed by atoms with Crippen LogP contribution in [0.3, 0.4) is 0 Å². The third-order valence-electron chi connectivity index (χ3n) is 4.91. The Kier molecular flexibility index (Phi) is 7.12. The van der Waals surface area contributed by atoms with Gasteiger partial charge in [-0.2, -0.15) is 0 Å². The van der Waals surface area contributed by atoms with Gasteiger partial charge in [-0.25, -0.2) is 0 Å². The van der Waals surface area contributed by atoms with E-state index in [4.69, 9.17) is 0 Å². The fourth-order valence-electron chi connectivity index (χ4n) is 3.45. The first-order valence-electron chi connectivity index (χ1n) is 10.0. The molecule has 3 aromatic rings. The van der Waals surface area contributed by atoms with Crippen LogP contribution in [0, 0.1) is 20.8 Å². The molecule has 1 atom stereocenters. The Morgan fingerprint density at radius 3 is 2.35 bits per heavy atom. The van der Waals surface area contributed by atoms with E-state index >= 15 is 0 Å². The van der Waals surface area contributed by atoms with Gasteiger partial charge in [-0.15, -0.1) is 10.2 Å². The summed E-state index contributed by atoms with van der Waals surface area (Å²) in [6, 6.07) is 12.8. The van der Waals surface area contributed by atoms with Crippen LogP contribution in [-0.2, 0) is 11.8 Å². The average Bonchev–Trinajstić information content (AvgIpc) is 3.10. The summed E-state index contributed by atoms with van der Waals surface area (Å²) < 4.78 is 1.80. The third-order valence-corrected chi connectivity index (χ3v) is 5.93. The number of anilines is 1. The van der Waals surface area contributed by atoms with Crippen LogP contribution in [0.15, 0.2) is 47.6 Å². The van der Waals surface area contributed by atoms with Crippen LogP contribution in [0.25, 0.3) is 0 Å². The fourth-order valence-corrected chi connectivity index (χ4v) is 4.16. The Bertz CT molecular complexity index is 1070. The number of thioether (sulfide) groups is 1. The molecule has 0 radical (unpaired) electrons. The summed E-state index contributed by atoms with van der Waals surface area (Å²) in [5, 5.41) is 14.9. The lowest BCUT2D eigenvalue weighted by atomic mass is 10.1. The van der Waals surface area contributed by atoms with Crippen molar-refractivity contribution in [2.75, 3.05) is 11.1 Å². The molecule has 2 amide bonds. The zero-order valence-corrected chi connectivity index (χ0v) is 19.2. The monoisotopic (exact) mass is 437 g/mol. The number of rotatable bonds is 7. The van der Waals surface area contributed by atoms with E-state index < -0.39 is 0 Å². The largest absolute Gasteiger partial charge is 0.342 e. The molecule has 0 fully saturated rings. The lowest BCUT2D eigenvalue weighted by molar-refractivity contribution is -0.113. The van der Waals surface area contributed by atoms with Crippen LogP contribution in [-0.4, -0.2) is 32.3 Å². The molecular formula is C23H27N5O2S. The van der Waals surface area contributed by atoms with E-state index in [1.54, 1.807) is 16.7 Å². The van der Waals surface area contributed by atoms with Crippen LogP contribution in [0.2, 0.25) is 0 Å². The second kappa shape index (κ2) is 9.78. The molecular weight excluding hydrogens is 410 g/mol. The Morgan fingerprint density at radius 1 is 1.06 bits per heavy atom. The molecule has 2 aromatic carbocycles. The van der Waals surface area contributed by atoms with Crippen molar-refractivity contribution in [3.8, 4) is 0 Å². The molecule has 0 unspecified atom stereocenters. The number of benzene rings is 2. The van der Waals surface area contributed by atoms with Gasteiger partial charge in [0.1, 0.15) is 0 Å². The minimum Gasteiger partial charge on any atom is -0.342 e. The van der Waals surface area contributed by atoms with E-state index in [-0.39, 0.29) is 23.6 Å². The number of aromatic nitrogens is 3. The molecule has 0 saturated carbocycles. The highest BCUT2D eigenvalue weighted by molar-refractivity contribution is 7.99. The summed E-state index contributed by atoms with van der Waals surface area (Å²) in [4.78, 5) is 24.9. The first-order valence-corrected chi connectivity index (χ1v) is 11.0. The standard InChI is InChI=1S/C23H27N5O2S/c1-14-11-15(2)20(16(3)12-14)25-19(29)13-31-23-27-26-21(28(23)5)17(4)24-22(30)18-9-7-6-8-10-18/h6-12,17H,13H2,1-5H3,(H,24,30)(H,25,29)/t17-/m1/s1. The average molecular weight is 438 g/mol. The molecule has 162 valence electrons. The predicted molar refractivity (Wildman–Crippen MR) is 123 cm³/mol. The maximum absolute atomic E-state index is 12.5. The Hall–Kier alpha value is -3.13. The smallest absolute Gasteiger partial charge is 0.251 e. The maximum Gasteiger partial charge on any atom is 0.251 e. The number of hydrogen-bond acceptors (Lipinski definition) is 5. The molecule has 0 aliphatic rings. The Morgan fingerprint density at radius 2 is 1.71 bits per heavy atom. The van der Waals surface area contributed by atoms with Gasteiger partial charge in [0.25, 0.3) is 5.91 Å². The van der Waals surface area contributed by atoms with Crippen LogP contribution in [0.5, 0.6) is 0 Å². The quantitative estimate of drug-likeness (QED) is 0.546. The number of nitrogens with one attached hydrogen (secondary N) is 2. The van der Waals surface area contributed by atoms with Crippen LogP contribution in [0.4, 0.5) is 5.69 Å². The first-order chi connectivity index (χ1) is 14.8. The topological polar surface area (TPSA) is 88.9 Å². The summed E-state index contributed by atoms with van der Waals surface area (Å²) in [7, 11) is 1.83. The second-order valence-corrected chi connectivity index (χ2v) is 8.51. The molecule has 1 aromatic heterocycles. The lowest BCUT2D eigenvalue weighted by Crippen LogP contribution is -2.28. The lowest BCUT2D eigenvalue weighted by Gasteiger charge is -2.14. The van der Waals surface area contributed by atoms with Gasteiger partial charge >= 0.3 is 0 Å². The van der Waals surface area contributed by atoms with Gasteiger partial charge in [-0.3, -0.25) is 9.59 Å². The first kappa shape index (κ1) is 22.6. The van der Waals surface area contributed by atoms with Crippen LogP contribution in [0.1, 0.15) is 45.8 Å². The number of aryl methyl sites for hydroxylation is 3. The van der Waals surface area contributed by atoms with E-state index in [0.29, 0.717) is 16.5 Å². The van der Waals surface area contributed by atoms with E-state index in [1.165, 1.54) is 17.3 Å². The molecule has 0 bridgehead atoms. The third kappa shape index (κ3) is 5.52. The normalized spacial score (nSPS) is 11.8. The second-order valence-electron chi connectivity index (χ2n) is 7.57. The molecule has 0 saturated heterocycles. The fraction of sp³-hybridized carbons (Fsp3) is 0.304. The Labute approximate surface area is 186 Å². The van der Waals surface area contributed by atoms with Gasteiger partial charge in [0, 0.05) is 18.3 Å². The van der Waals surface area contributed by atoms with Crippen molar-refractivity contribution in [3.63, 3.8) is 0 Å². The minimum absolute atomic E-state index is 0.102. The van der Waals surface area contributed by atoms with Crippen molar-refractivity contribution in [2.45, 2.75) is 38.9 Å². The SMILES string of the molecule is Cc1cc(C)c(NC(=O)CSc2nnc([C@@H](C)NC(=O)c3ccccc3)n2C)c(C)c1. The molecule has 31 heavy (non-hydrogen) atoms. The van der Waals surface area contributed by atoms with E-state index in [2.05, 4.69) is 33.0 Å². The number of carbonyl (C=O) groups is 2. The predicted octanol–water partition coefficient (Wildman–Crippen LogP) is 3.96. The zero-order chi connectivity index (χ0) is 22.5. The van der Waals surface area contributed by atoms with E-state index in [1.807, 2.05) is 52.9 Å². The highest BCUT2D eigenvalue weighted by Gasteiger charge is 2.19. The zero-order valence-electron chi connectivity index (χ0n) is 18.4. The molecule has 0 aliphatic heterocycles. The van der Waals surface area contributed by atoms with Crippen molar-refractivity contribution >= 4 is 29.3 Å². The summed E-state index contributed by atoms with van der Waals surface area (Å²) >= 11 is 1.31. The number of nitrogens with zero attached hydrogens (tertiary/aromatic N) is 3. The molecule has 0 aliphatic carbocycles. The van der Waals surface area contributed by atoms with Crippen molar-refractivity contribution < 1.29 is 9.59 Å². The molecule has 1 heterocycles. The molecule has 7 nitrogen and oxygen atoms in total. The summed E-state index contributed by atoms with van der Waals surface area (Å²) in [6.45, 7) is 7.87. The van der Waals surface area contributed by atoms with Gasteiger partial charge in [0.15, 0.2) is 11.0 Å². The van der Waals surface area contributed by atoms with E-state index in [9.17, 15) is 9.59 Å². The molecule has 8 heteroatoms. The molecule has 2 N–H and O–H groups in total. The molecule has 0 spiro atoms. The highest BCUT2D eigenvalue weighted by Crippen LogP contribution is 2.23. The van der Waals surface area contributed by atoms with Gasteiger partial charge in [0.05, 0.1) is 11.8 Å². The van der Waals surface area contributed by atoms with Crippen LogP contribution >= 0.6 is 11.8 Å². The van der Waals surface area contributed by atoms with E-state index in [0.717, 1.165) is 16.8 Å². The number of carbonyl (C=O) groups excluding carboxylic acids is 2. The summed E-state index contributed by atoms with van der Waals surface area (Å²) in [5.41, 5.74) is 4.69. The summed E-state index contributed by atoms with van der Waals surface area (Å²) in [6.07, 6.45) is 0. The summed E-state index contributed by atoms with van der Waals surface area (Å²) in [5.74, 6) is 0.560. The van der Waals surface area contributed by atoms with Gasteiger partial charge < -0.3 is 15.2 Å². The number of hydrogen-bond donors (Lipinski definition) is 2. The van der Waals surface area contributed by atoms with Crippen molar-refractivity contribution in [1.29, 1.82) is 0 Å². The Balaban J connectivity index is 1.60. The van der Waals surface area contributed by atoms with Gasteiger partial charge in [0.2, 0.25) is 5.91 Å². The van der Waals surface area contributed by atoms with Gasteiger partial charge in [-0.05, 0) is 51.0 Å². The number of amides is 2.